The average molecular weight is 308 g/mol. The van der Waals surface area contributed by atoms with E-state index in [0.717, 1.165) is 5.39 Å². The molecule has 114 valence electrons. The van der Waals surface area contributed by atoms with E-state index in [2.05, 4.69) is 15.3 Å². The molecule has 23 heavy (non-hydrogen) atoms. The zero-order valence-electron chi connectivity index (χ0n) is 12.2. The summed E-state index contributed by atoms with van der Waals surface area (Å²) in [4.78, 5) is 30.8. The minimum absolute atomic E-state index is 0.0409. The second-order valence-corrected chi connectivity index (χ2v) is 4.91. The maximum absolute atomic E-state index is 12.3. The quantitative estimate of drug-likeness (QED) is 0.592. The Kier molecular flexibility index (Phi) is 3.68. The summed E-state index contributed by atoms with van der Waals surface area (Å²) < 4.78 is 0. The molecule has 0 aliphatic carbocycles. The predicted octanol–water partition coefficient (Wildman–Crippen LogP) is 3.10. The second kappa shape index (κ2) is 5.80. The average Bonchev–Trinajstić information content (AvgIpc) is 2.55. The maximum Gasteiger partial charge on any atom is 0.293 e. The summed E-state index contributed by atoms with van der Waals surface area (Å²) in [6.45, 7) is 1.81. The fraction of sp³-hybridized carbons (Fsp3) is 0.0625. The summed E-state index contributed by atoms with van der Waals surface area (Å²) in [5, 5.41) is 14.1. The molecule has 7 heteroatoms. The van der Waals surface area contributed by atoms with E-state index in [1.807, 2.05) is 31.2 Å². The zero-order valence-corrected chi connectivity index (χ0v) is 12.2. The number of nitro groups is 1. The van der Waals surface area contributed by atoms with Crippen molar-refractivity contribution in [1.82, 2.24) is 9.97 Å². The molecule has 0 atom stereocenters. The van der Waals surface area contributed by atoms with Crippen LogP contribution in [0.15, 0.2) is 48.5 Å². The SMILES string of the molecule is Cc1nc(C(=O)Nc2ccc([N+](=O)[O-])cc2)nc2ccccc12. The molecule has 7 nitrogen and oxygen atoms in total. The Morgan fingerprint density at radius 3 is 2.48 bits per heavy atom. The molecule has 1 heterocycles. The summed E-state index contributed by atoms with van der Waals surface area (Å²) in [7, 11) is 0. The Hall–Kier alpha value is -3.35. The van der Waals surface area contributed by atoms with Crippen molar-refractivity contribution in [3.8, 4) is 0 Å². The number of nitrogens with zero attached hydrogens (tertiary/aromatic N) is 3. The molecule has 0 bridgehead atoms. The number of nitro benzene ring substituents is 1. The molecular formula is C16H12N4O3. The summed E-state index contributed by atoms with van der Waals surface area (Å²) >= 11 is 0. The van der Waals surface area contributed by atoms with Crippen LogP contribution in [0.2, 0.25) is 0 Å². The number of aromatic nitrogens is 2. The Bertz CT molecular complexity index is 907. The van der Waals surface area contributed by atoms with Crippen molar-refractivity contribution < 1.29 is 9.72 Å². The topological polar surface area (TPSA) is 98.0 Å². The Morgan fingerprint density at radius 1 is 1.09 bits per heavy atom. The van der Waals surface area contributed by atoms with Crippen molar-refractivity contribution in [3.63, 3.8) is 0 Å². The standard InChI is InChI=1S/C16H12N4O3/c1-10-13-4-2-3-5-14(13)19-15(17-10)16(21)18-11-6-8-12(9-7-11)20(22)23/h2-9H,1H3,(H,18,21). The first-order valence-corrected chi connectivity index (χ1v) is 6.84. The lowest BCUT2D eigenvalue weighted by atomic mass is 10.2. The van der Waals surface area contributed by atoms with E-state index >= 15 is 0 Å². The van der Waals surface area contributed by atoms with Crippen LogP contribution in [0.5, 0.6) is 0 Å². The number of carbonyl (C=O) groups is 1. The van der Waals surface area contributed by atoms with Crippen LogP contribution >= 0.6 is 0 Å². The Balaban J connectivity index is 1.87. The van der Waals surface area contributed by atoms with Gasteiger partial charge >= 0.3 is 0 Å². The molecule has 2 aromatic carbocycles. The molecule has 1 amide bonds. The third kappa shape index (κ3) is 2.98. The van der Waals surface area contributed by atoms with Gasteiger partial charge in [0.05, 0.1) is 10.4 Å². The smallest absolute Gasteiger partial charge is 0.293 e. The van der Waals surface area contributed by atoms with E-state index < -0.39 is 10.8 Å². The lowest BCUT2D eigenvalue weighted by molar-refractivity contribution is -0.384. The van der Waals surface area contributed by atoms with Gasteiger partial charge in [-0.2, -0.15) is 0 Å². The number of rotatable bonds is 3. The van der Waals surface area contributed by atoms with E-state index in [1.54, 1.807) is 0 Å². The number of para-hydroxylation sites is 1. The fourth-order valence-electron chi connectivity index (χ4n) is 2.19. The second-order valence-electron chi connectivity index (χ2n) is 4.91. The van der Waals surface area contributed by atoms with Crippen molar-refractivity contribution >= 4 is 28.2 Å². The van der Waals surface area contributed by atoms with Crippen LogP contribution in [0, 0.1) is 17.0 Å². The minimum Gasteiger partial charge on any atom is -0.319 e. The van der Waals surface area contributed by atoms with E-state index in [0.29, 0.717) is 16.9 Å². The number of carbonyl (C=O) groups excluding carboxylic acids is 1. The van der Waals surface area contributed by atoms with Gasteiger partial charge in [-0.15, -0.1) is 0 Å². The number of benzene rings is 2. The molecule has 0 spiro atoms. The molecule has 0 radical (unpaired) electrons. The number of aryl methyl sites for hydroxylation is 1. The summed E-state index contributed by atoms with van der Waals surface area (Å²) in [6, 6.07) is 13.0. The van der Waals surface area contributed by atoms with Crippen molar-refractivity contribution in [2.75, 3.05) is 5.32 Å². The number of nitrogens with one attached hydrogen (secondary N) is 1. The van der Waals surface area contributed by atoms with Gasteiger partial charge < -0.3 is 5.32 Å². The number of fused-ring (bicyclic) bond motifs is 1. The van der Waals surface area contributed by atoms with Crippen molar-refractivity contribution in [2.45, 2.75) is 6.92 Å². The van der Waals surface area contributed by atoms with Crippen LogP contribution < -0.4 is 5.32 Å². The van der Waals surface area contributed by atoms with Gasteiger partial charge in [0.15, 0.2) is 0 Å². The van der Waals surface area contributed by atoms with Gasteiger partial charge in [-0.25, -0.2) is 9.97 Å². The molecule has 0 saturated carbocycles. The minimum atomic E-state index is -0.499. The molecular weight excluding hydrogens is 296 g/mol. The maximum atomic E-state index is 12.3. The van der Waals surface area contributed by atoms with Crippen LogP contribution in [0.4, 0.5) is 11.4 Å². The van der Waals surface area contributed by atoms with Crippen LogP contribution in [0.1, 0.15) is 16.3 Å². The highest BCUT2D eigenvalue weighted by atomic mass is 16.6. The van der Waals surface area contributed by atoms with E-state index in [-0.39, 0.29) is 11.5 Å². The van der Waals surface area contributed by atoms with Gasteiger partial charge in [-0.3, -0.25) is 14.9 Å². The Morgan fingerprint density at radius 2 is 1.78 bits per heavy atom. The van der Waals surface area contributed by atoms with Gasteiger partial charge in [0.1, 0.15) is 0 Å². The monoisotopic (exact) mass is 308 g/mol. The molecule has 0 aliphatic rings. The number of non-ortho nitro benzene ring substituents is 1. The number of hydrogen-bond donors (Lipinski definition) is 1. The third-order valence-corrected chi connectivity index (χ3v) is 3.33. The highest BCUT2D eigenvalue weighted by Gasteiger charge is 2.13. The van der Waals surface area contributed by atoms with Gasteiger partial charge in [0.25, 0.3) is 11.6 Å². The van der Waals surface area contributed by atoms with E-state index in [1.165, 1.54) is 24.3 Å². The zero-order chi connectivity index (χ0) is 16.4. The van der Waals surface area contributed by atoms with Crippen LogP contribution in [0.3, 0.4) is 0 Å². The Labute approximate surface area is 131 Å². The van der Waals surface area contributed by atoms with Gasteiger partial charge in [0.2, 0.25) is 5.82 Å². The lowest BCUT2D eigenvalue weighted by Crippen LogP contribution is -2.16. The highest BCUT2D eigenvalue weighted by molar-refractivity contribution is 6.02. The molecule has 1 N–H and O–H groups in total. The summed E-state index contributed by atoms with van der Waals surface area (Å²) in [5.74, 6) is -0.410. The first-order chi connectivity index (χ1) is 11.0. The van der Waals surface area contributed by atoms with Crippen molar-refractivity contribution in [1.29, 1.82) is 0 Å². The number of hydrogen-bond acceptors (Lipinski definition) is 5. The highest BCUT2D eigenvalue weighted by Crippen LogP contribution is 2.17. The van der Waals surface area contributed by atoms with Gasteiger partial charge in [-0.05, 0) is 25.1 Å². The van der Waals surface area contributed by atoms with Gasteiger partial charge in [0, 0.05) is 28.9 Å². The molecule has 0 aliphatic heterocycles. The molecule has 3 rings (SSSR count). The first-order valence-electron chi connectivity index (χ1n) is 6.84. The van der Waals surface area contributed by atoms with Crippen molar-refractivity contribution in [2.24, 2.45) is 0 Å². The first kappa shape index (κ1) is 14.6. The van der Waals surface area contributed by atoms with E-state index in [4.69, 9.17) is 0 Å². The van der Waals surface area contributed by atoms with Crippen LogP contribution in [0.25, 0.3) is 10.9 Å². The molecule has 0 saturated heterocycles. The molecule has 3 aromatic rings. The number of amides is 1. The third-order valence-electron chi connectivity index (χ3n) is 3.33. The van der Waals surface area contributed by atoms with Gasteiger partial charge in [-0.1, -0.05) is 18.2 Å². The predicted molar refractivity (Wildman–Crippen MR) is 85.3 cm³/mol. The molecule has 0 fully saturated rings. The van der Waals surface area contributed by atoms with Crippen molar-refractivity contribution in [3.05, 3.63) is 70.2 Å². The lowest BCUT2D eigenvalue weighted by Gasteiger charge is -2.06. The fourth-order valence-corrected chi connectivity index (χ4v) is 2.19. The largest absolute Gasteiger partial charge is 0.319 e. The number of anilines is 1. The van der Waals surface area contributed by atoms with E-state index in [9.17, 15) is 14.9 Å². The normalized spacial score (nSPS) is 10.5. The van der Waals surface area contributed by atoms with Crippen LogP contribution in [-0.4, -0.2) is 20.8 Å². The molecule has 0 unspecified atom stereocenters. The summed E-state index contributed by atoms with van der Waals surface area (Å²) in [6.07, 6.45) is 0. The summed E-state index contributed by atoms with van der Waals surface area (Å²) in [5.41, 5.74) is 1.80. The van der Waals surface area contributed by atoms with Crippen LogP contribution in [-0.2, 0) is 0 Å². The molecule has 1 aromatic heterocycles.